The smallest absolute Gasteiger partial charge is 0.340 e. The summed E-state index contributed by atoms with van der Waals surface area (Å²) in [6.45, 7) is 3.77. The van der Waals surface area contributed by atoms with Crippen LogP contribution in [-0.2, 0) is 30.8 Å². The lowest BCUT2D eigenvalue weighted by molar-refractivity contribution is -0.141. The summed E-state index contributed by atoms with van der Waals surface area (Å²) >= 11 is 0. The Morgan fingerprint density at radius 3 is 2.68 bits per heavy atom. The highest BCUT2D eigenvalue weighted by Gasteiger charge is 2.28. The number of fused-ring (bicyclic) bond motifs is 2. The Bertz CT molecular complexity index is 1180. The molecular weight excluding hydrogens is 422 g/mol. The van der Waals surface area contributed by atoms with Gasteiger partial charge in [0.05, 0.1) is 11.3 Å². The number of ketones is 1. The molecule has 0 fully saturated rings. The Morgan fingerprint density at radius 1 is 1.16 bits per heavy atom. The molecule has 1 aromatic rings. The normalized spacial score (nSPS) is 19.7. The molecule has 162 valence electrons. The average Bonchev–Trinajstić information content (AvgIpc) is 3.15. The highest BCUT2D eigenvalue weighted by atomic mass is 32.2. The number of carbonyl (C=O) groups excluding carboxylic acids is 3. The third-order valence-electron chi connectivity index (χ3n) is 5.35. The average molecular weight is 443 g/mol. The summed E-state index contributed by atoms with van der Waals surface area (Å²) in [5, 5.41) is 0. The van der Waals surface area contributed by atoms with E-state index >= 15 is 0 Å². The van der Waals surface area contributed by atoms with Crippen LogP contribution < -0.4 is 4.90 Å². The number of esters is 1. The monoisotopic (exact) mass is 443 g/mol. The zero-order valence-corrected chi connectivity index (χ0v) is 17.9. The van der Waals surface area contributed by atoms with E-state index in [1.54, 1.807) is 28.0 Å². The van der Waals surface area contributed by atoms with Gasteiger partial charge in [-0.2, -0.15) is 0 Å². The maximum atomic E-state index is 12.8. The van der Waals surface area contributed by atoms with E-state index in [1.807, 2.05) is 0 Å². The first kappa shape index (κ1) is 21.0. The molecule has 1 amide bonds. The van der Waals surface area contributed by atoms with Gasteiger partial charge >= 0.3 is 5.97 Å². The van der Waals surface area contributed by atoms with Crippen molar-refractivity contribution >= 4 is 39.2 Å². The molecule has 10 heteroatoms. The fraction of sp³-hybridized carbons (Fsp3) is 0.333. The fourth-order valence-electron chi connectivity index (χ4n) is 3.72. The van der Waals surface area contributed by atoms with Crippen molar-refractivity contribution in [3.63, 3.8) is 0 Å². The molecule has 4 rings (SSSR count). The number of rotatable bonds is 4. The number of carbonyl (C=O) groups is 3. The number of amides is 1. The van der Waals surface area contributed by atoms with Crippen molar-refractivity contribution in [3.8, 4) is 0 Å². The first-order valence-electron chi connectivity index (χ1n) is 9.80. The Balaban J connectivity index is 1.44. The topological polar surface area (TPSA) is 113 Å². The summed E-state index contributed by atoms with van der Waals surface area (Å²) in [4.78, 5) is 40.2. The van der Waals surface area contributed by atoms with Crippen LogP contribution in [0, 0.1) is 0 Å². The van der Waals surface area contributed by atoms with E-state index in [4.69, 9.17) is 4.74 Å². The van der Waals surface area contributed by atoms with Gasteiger partial charge < -0.3 is 14.5 Å². The SMILES string of the molecule is CC(=O)N1CCc2cc(C(=O)[C@@H](C)OC(=O)C3=CN4CCS(=O)(=O)N=C4C=C3)ccc21. The number of anilines is 1. The molecule has 3 aliphatic heterocycles. The van der Waals surface area contributed by atoms with E-state index in [2.05, 4.69) is 4.40 Å². The van der Waals surface area contributed by atoms with Crippen LogP contribution in [-0.4, -0.2) is 61.8 Å². The highest BCUT2D eigenvalue weighted by Crippen LogP contribution is 2.29. The van der Waals surface area contributed by atoms with Crippen LogP contribution in [0.4, 0.5) is 5.69 Å². The molecule has 1 atom stereocenters. The quantitative estimate of drug-likeness (QED) is 0.508. The zero-order chi connectivity index (χ0) is 22.3. The van der Waals surface area contributed by atoms with E-state index < -0.39 is 22.1 Å². The molecule has 31 heavy (non-hydrogen) atoms. The van der Waals surface area contributed by atoms with E-state index in [9.17, 15) is 22.8 Å². The molecule has 0 spiro atoms. The van der Waals surface area contributed by atoms with Crippen LogP contribution in [0.3, 0.4) is 0 Å². The van der Waals surface area contributed by atoms with Crippen LogP contribution in [0.25, 0.3) is 0 Å². The standard InChI is InChI=1S/C21H21N3O6S/c1-13(20(26)16-3-5-18-15(11-16)7-8-24(18)14(2)25)30-21(27)17-4-6-19-22-31(28,29)10-9-23(19)12-17/h3-6,11-13H,7-10H2,1-2H3/t13-/m1/s1. The van der Waals surface area contributed by atoms with E-state index in [0.717, 1.165) is 11.3 Å². The van der Waals surface area contributed by atoms with Crippen molar-refractivity contribution in [1.29, 1.82) is 0 Å². The second-order valence-electron chi connectivity index (χ2n) is 7.52. The van der Waals surface area contributed by atoms with Crippen LogP contribution >= 0.6 is 0 Å². The molecule has 0 aromatic heterocycles. The minimum Gasteiger partial charge on any atom is -0.451 e. The van der Waals surface area contributed by atoms with Gasteiger partial charge in [0.2, 0.25) is 11.7 Å². The van der Waals surface area contributed by atoms with Crippen LogP contribution in [0.2, 0.25) is 0 Å². The van der Waals surface area contributed by atoms with E-state index in [1.165, 1.54) is 32.2 Å². The number of ether oxygens (including phenoxy) is 1. The van der Waals surface area contributed by atoms with Crippen molar-refractivity contribution in [1.82, 2.24) is 4.90 Å². The summed E-state index contributed by atoms with van der Waals surface area (Å²) in [5.74, 6) is -0.979. The van der Waals surface area contributed by atoms with Crippen LogP contribution in [0.15, 0.2) is 46.5 Å². The van der Waals surface area contributed by atoms with Crippen molar-refractivity contribution in [3.05, 3.63) is 53.3 Å². The van der Waals surface area contributed by atoms with Gasteiger partial charge in [-0.05, 0) is 49.3 Å². The lowest BCUT2D eigenvalue weighted by Gasteiger charge is -2.27. The zero-order valence-electron chi connectivity index (χ0n) is 17.1. The number of amidine groups is 1. The summed E-state index contributed by atoms with van der Waals surface area (Å²) < 4.78 is 32.2. The first-order chi connectivity index (χ1) is 14.6. The lowest BCUT2D eigenvalue weighted by atomic mass is 10.0. The molecule has 0 unspecified atom stereocenters. The Morgan fingerprint density at radius 2 is 1.94 bits per heavy atom. The summed E-state index contributed by atoms with van der Waals surface area (Å²) in [6.07, 6.45) is 3.97. The predicted octanol–water partition coefficient (Wildman–Crippen LogP) is 1.21. The minimum absolute atomic E-state index is 0.0477. The van der Waals surface area contributed by atoms with Gasteiger partial charge in [0.15, 0.2) is 6.10 Å². The predicted molar refractivity (Wildman–Crippen MR) is 113 cm³/mol. The fourth-order valence-corrected chi connectivity index (χ4v) is 4.69. The number of benzene rings is 1. The van der Waals surface area contributed by atoms with Crippen molar-refractivity contribution in [2.24, 2.45) is 4.40 Å². The third kappa shape index (κ3) is 4.15. The number of hydrogen-bond acceptors (Lipinski definition) is 7. The second kappa shape index (κ2) is 7.77. The van der Waals surface area contributed by atoms with Gasteiger partial charge in [-0.15, -0.1) is 4.40 Å². The molecular formula is C21H21N3O6S. The Kier molecular flexibility index (Phi) is 5.26. The molecule has 0 aliphatic carbocycles. The molecule has 0 saturated carbocycles. The summed E-state index contributed by atoms with van der Waals surface area (Å²) in [5.41, 5.74) is 2.31. The van der Waals surface area contributed by atoms with Crippen molar-refractivity contribution in [2.45, 2.75) is 26.4 Å². The Labute approximate surface area is 179 Å². The number of Topliss-reactive ketones (excluding diaryl/α,β-unsaturated/α-hetero) is 1. The van der Waals surface area contributed by atoms with Gasteiger partial charge in [0, 0.05) is 37.5 Å². The van der Waals surface area contributed by atoms with Gasteiger partial charge in [-0.3, -0.25) is 9.59 Å². The van der Waals surface area contributed by atoms with E-state index in [-0.39, 0.29) is 35.4 Å². The molecule has 3 heterocycles. The first-order valence-corrected chi connectivity index (χ1v) is 11.4. The summed E-state index contributed by atoms with van der Waals surface area (Å²) in [7, 11) is -3.48. The molecule has 0 radical (unpaired) electrons. The van der Waals surface area contributed by atoms with Crippen LogP contribution in [0.1, 0.15) is 29.8 Å². The minimum atomic E-state index is -3.48. The molecule has 3 aliphatic rings. The summed E-state index contributed by atoms with van der Waals surface area (Å²) in [6, 6.07) is 5.11. The molecule has 0 bridgehead atoms. The number of hydrogen-bond donors (Lipinski definition) is 0. The third-order valence-corrected chi connectivity index (χ3v) is 6.52. The molecule has 1 aromatic carbocycles. The Hall–Kier alpha value is -3.27. The number of sulfonamides is 1. The van der Waals surface area contributed by atoms with Crippen molar-refractivity contribution < 1.29 is 27.5 Å². The number of nitrogens with zero attached hydrogens (tertiary/aromatic N) is 3. The van der Waals surface area contributed by atoms with Gasteiger partial charge in [-0.1, -0.05) is 0 Å². The van der Waals surface area contributed by atoms with Gasteiger partial charge in [-0.25, -0.2) is 13.2 Å². The van der Waals surface area contributed by atoms with Gasteiger partial charge in [0.1, 0.15) is 5.84 Å². The maximum Gasteiger partial charge on any atom is 0.340 e. The largest absolute Gasteiger partial charge is 0.451 e. The molecule has 9 nitrogen and oxygen atoms in total. The second-order valence-corrected chi connectivity index (χ2v) is 9.28. The van der Waals surface area contributed by atoms with Crippen molar-refractivity contribution in [2.75, 3.05) is 23.7 Å². The molecule has 0 saturated heterocycles. The van der Waals surface area contributed by atoms with Crippen LogP contribution in [0.5, 0.6) is 0 Å². The highest BCUT2D eigenvalue weighted by molar-refractivity contribution is 7.90. The van der Waals surface area contributed by atoms with Gasteiger partial charge in [0.25, 0.3) is 10.0 Å². The maximum absolute atomic E-state index is 12.8. The molecule has 0 N–H and O–H groups in total. The van der Waals surface area contributed by atoms with E-state index in [0.29, 0.717) is 18.5 Å². The lowest BCUT2D eigenvalue weighted by Crippen LogP contribution is -2.37.